The third-order valence-corrected chi connectivity index (χ3v) is 13.0. The number of rotatable bonds is 3. The van der Waals surface area contributed by atoms with Crippen LogP contribution in [0.4, 0.5) is 0 Å². The summed E-state index contributed by atoms with van der Waals surface area (Å²) in [5.74, 6) is 0. The SMILES string of the molecule is c1ccc(-c2nc3c(nc2-c2ccc(-c4cc5cc6ccccc6cc5c5c6ccccc6c6c7cc8ccccc8cc7oc6c45)cc2)sc2ccccc23)cc1. The second-order valence-corrected chi connectivity index (χ2v) is 16.3. The van der Waals surface area contributed by atoms with Crippen LogP contribution >= 0.6 is 11.3 Å². The zero-order valence-electron chi connectivity index (χ0n) is 31.0. The average Bonchev–Trinajstić information content (AvgIpc) is 3.85. The fourth-order valence-corrected chi connectivity index (χ4v) is 10.3. The van der Waals surface area contributed by atoms with E-state index in [1.54, 1.807) is 11.3 Å². The smallest absolute Gasteiger partial charge is 0.144 e. The Bertz CT molecular complexity index is 3840. The molecule has 0 N–H and O–H groups in total. The van der Waals surface area contributed by atoms with Crippen molar-refractivity contribution >= 4 is 108 Å². The Hall–Kier alpha value is -7.40. The third-order valence-electron chi connectivity index (χ3n) is 12.0. The molecule has 0 fully saturated rings. The Morgan fingerprint density at radius 3 is 1.71 bits per heavy atom. The summed E-state index contributed by atoms with van der Waals surface area (Å²) >= 11 is 1.70. The number of thiophene rings is 1. The third kappa shape index (κ3) is 4.61. The van der Waals surface area contributed by atoms with Gasteiger partial charge in [-0.2, -0.15) is 0 Å². The van der Waals surface area contributed by atoms with Crippen LogP contribution in [0.15, 0.2) is 186 Å². The van der Waals surface area contributed by atoms with E-state index in [0.29, 0.717) is 0 Å². The van der Waals surface area contributed by atoms with E-state index in [0.717, 1.165) is 76.7 Å². The van der Waals surface area contributed by atoms with Crippen molar-refractivity contribution in [1.82, 2.24) is 9.97 Å². The van der Waals surface area contributed by atoms with Crippen LogP contribution in [0, 0.1) is 0 Å². The Morgan fingerprint density at radius 2 is 0.948 bits per heavy atom. The van der Waals surface area contributed by atoms with Crippen LogP contribution in [0.5, 0.6) is 0 Å². The molecule has 0 spiro atoms. The molecule has 0 bridgehead atoms. The quantitative estimate of drug-likeness (QED) is 0.133. The largest absolute Gasteiger partial charge is 0.455 e. The fourth-order valence-electron chi connectivity index (χ4n) is 9.31. The molecule has 0 aliphatic carbocycles. The van der Waals surface area contributed by atoms with Crippen LogP contribution < -0.4 is 0 Å². The molecule has 0 unspecified atom stereocenters. The highest BCUT2D eigenvalue weighted by Crippen LogP contribution is 2.48. The summed E-state index contributed by atoms with van der Waals surface area (Å²) in [7, 11) is 0. The maximum Gasteiger partial charge on any atom is 0.144 e. The molecule has 268 valence electrons. The topological polar surface area (TPSA) is 38.9 Å². The van der Waals surface area contributed by atoms with E-state index in [9.17, 15) is 0 Å². The van der Waals surface area contributed by atoms with Gasteiger partial charge in [-0.3, -0.25) is 0 Å². The normalized spacial score (nSPS) is 12.1. The number of aromatic nitrogens is 2. The van der Waals surface area contributed by atoms with Crippen LogP contribution in [0.1, 0.15) is 0 Å². The van der Waals surface area contributed by atoms with Crippen LogP contribution in [0.25, 0.3) is 130 Å². The summed E-state index contributed by atoms with van der Waals surface area (Å²) in [4.78, 5) is 11.6. The first kappa shape index (κ1) is 31.8. The van der Waals surface area contributed by atoms with E-state index in [-0.39, 0.29) is 0 Å². The summed E-state index contributed by atoms with van der Waals surface area (Å²) < 4.78 is 8.28. The molecule has 4 heteroatoms. The number of nitrogens with zero attached hydrogens (tertiary/aromatic N) is 2. The minimum atomic E-state index is 0.879. The molecule has 0 aliphatic rings. The van der Waals surface area contributed by atoms with Crippen molar-refractivity contribution in [1.29, 1.82) is 0 Å². The Morgan fingerprint density at radius 1 is 0.379 bits per heavy atom. The molecule has 3 heterocycles. The molecule has 13 rings (SSSR count). The summed E-state index contributed by atoms with van der Waals surface area (Å²) in [5, 5.41) is 15.4. The van der Waals surface area contributed by atoms with Crippen molar-refractivity contribution in [2.45, 2.75) is 0 Å². The van der Waals surface area contributed by atoms with Crippen molar-refractivity contribution in [2.24, 2.45) is 0 Å². The van der Waals surface area contributed by atoms with Gasteiger partial charge in [0.05, 0.1) is 11.4 Å². The maximum absolute atomic E-state index is 7.09. The number of furan rings is 1. The zero-order valence-corrected chi connectivity index (χ0v) is 31.8. The molecule has 0 aliphatic heterocycles. The van der Waals surface area contributed by atoms with E-state index in [1.807, 2.05) is 6.07 Å². The van der Waals surface area contributed by atoms with E-state index in [1.165, 1.54) is 53.2 Å². The Balaban J connectivity index is 1.11. The first-order valence-electron chi connectivity index (χ1n) is 19.6. The van der Waals surface area contributed by atoms with Gasteiger partial charge in [-0.1, -0.05) is 146 Å². The Kier molecular flexibility index (Phi) is 6.60. The molecule has 0 saturated heterocycles. The van der Waals surface area contributed by atoms with E-state index in [2.05, 4.69) is 176 Å². The molecule has 3 aromatic heterocycles. The number of fused-ring (bicyclic) bond motifs is 15. The lowest BCUT2D eigenvalue weighted by Crippen LogP contribution is -1.94. The van der Waals surface area contributed by atoms with Gasteiger partial charge in [0, 0.05) is 42.8 Å². The highest BCUT2D eigenvalue weighted by atomic mass is 32.1. The molecule has 0 saturated carbocycles. The molecular formula is C54H30N2OS. The summed E-state index contributed by atoms with van der Waals surface area (Å²) in [6, 6.07) is 65.5. The van der Waals surface area contributed by atoms with Gasteiger partial charge in [-0.15, -0.1) is 11.3 Å². The molecule has 0 radical (unpaired) electrons. The summed E-state index contributed by atoms with van der Waals surface area (Å²) in [6.07, 6.45) is 0. The lowest BCUT2D eigenvalue weighted by Gasteiger charge is -2.16. The number of hydrogen-bond donors (Lipinski definition) is 0. The molecule has 13 aromatic rings. The van der Waals surface area contributed by atoms with Crippen molar-refractivity contribution in [3.05, 3.63) is 182 Å². The van der Waals surface area contributed by atoms with Gasteiger partial charge < -0.3 is 4.42 Å². The average molecular weight is 755 g/mol. The van der Waals surface area contributed by atoms with Gasteiger partial charge in [0.2, 0.25) is 0 Å². The summed E-state index contributed by atoms with van der Waals surface area (Å²) in [5.41, 5.74) is 8.85. The van der Waals surface area contributed by atoms with E-state index < -0.39 is 0 Å². The first-order valence-corrected chi connectivity index (χ1v) is 20.5. The molecule has 58 heavy (non-hydrogen) atoms. The highest BCUT2D eigenvalue weighted by Gasteiger charge is 2.23. The van der Waals surface area contributed by atoms with Gasteiger partial charge in [0.15, 0.2) is 0 Å². The molecule has 0 atom stereocenters. The first-order chi connectivity index (χ1) is 28.7. The highest BCUT2D eigenvalue weighted by molar-refractivity contribution is 7.25. The standard InChI is InChI=1S/C54H30N2OS/c1-2-12-32(13-3-1)50-51(56-54-52(55-50)41-20-10-11-21-46(41)58-54)33-24-22-31(23-25-33)42-29-38-26-34-14-4-5-15-35(34)27-43(38)47-39-18-8-9-19-40(39)48-44-28-36-16-6-7-17-37(36)30-45(44)57-53(48)49(42)47/h1-30H. The van der Waals surface area contributed by atoms with Crippen molar-refractivity contribution in [3.8, 4) is 33.6 Å². The van der Waals surface area contributed by atoms with E-state index in [4.69, 9.17) is 14.4 Å². The van der Waals surface area contributed by atoms with Crippen LogP contribution in [0.2, 0.25) is 0 Å². The molecule has 3 nitrogen and oxygen atoms in total. The molecule has 0 amide bonds. The van der Waals surface area contributed by atoms with E-state index >= 15 is 0 Å². The van der Waals surface area contributed by atoms with Crippen molar-refractivity contribution < 1.29 is 4.42 Å². The molecule has 10 aromatic carbocycles. The van der Waals surface area contributed by atoms with Crippen molar-refractivity contribution in [3.63, 3.8) is 0 Å². The Labute approximate surface area is 336 Å². The van der Waals surface area contributed by atoms with Crippen LogP contribution in [-0.2, 0) is 0 Å². The lowest BCUT2D eigenvalue weighted by atomic mass is 9.87. The minimum Gasteiger partial charge on any atom is -0.455 e. The van der Waals surface area contributed by atoms with Crippen LogP contribution in [-0.4, -0.2) is 9.97 Å². The second kappa shape index (κ2) is 12.1. The lowest BCUT2D eigenvalue weighted by molar-refractivity contribution is 0.673. The van der Waals surface area contributed by atoms with Gasteiger partial charge >= 0.3 is 0 Å². The summed E-state index contributed by atoms with van der Waals surface area (Å²) in [6.45, 7) is 0. The number of hydrogen-bond acceptors (Lipinski definition) is 4. The second-order valence-electron chi connectivity index (χ2n) is 15.3. The van der Waals surface area contributed by atoms with Crippen molar-refractivity contribution in [2.75, 3.05) is 0 Å². The zero-order chi connectivity index (χ0) is 37.9. The fraction of sp³-hybridized carbons (Fsp3) is 0. The van der Waals surface area contributed by atoms with Crippen LogP contribution in [0.3, 0.4) is 0 Å². The predicted molar refractivity (Wildman–Crippen MR) is 246 cm³/mol. The van der Waals surface area contributed by atoms with Gasteiger partial charge in [0.25, 0.3) is 0 Å². The maximum atomic E-state index is 7.09. The minimum absolute atomic E-state index is 0.879. The van der Waals surface area contributed by atoms with Gasteiger partial charge in [-0.05, 0) is 90.6 Å². The van der Waals surface area contributed by atoms with Gasteiger partial charge in [0.1, 0.15) is 21.5 Å². The number of benzene rings is 10. The van der Waals surface area contributed by atoms with Gasteiger partial charge in [-0.25, -0.2) is 9.97 Å². The monoisotopic (exact) mass is 754 g/mol. The molecular weight excluding hydrogens is 725 g/mol. The predicted octanol–water partition coefficient (Wildman–Crippen LogP) is 15.5.